The van der Waals surface area contributed by atoms with Crippen LogP contribution in [-0.2, 0) is 0 Å². The molecule has 2 heterocycles. The molecule has 2 aromatic heterocycles. The highest BCUT2D eigenvalue weighted by Crippen LogP contribution is 2.32. The molecule has 0 aliphatic heterocycles. The van der Waals surface area contributed by atoms with Crippen LogP contribution in [0.2, 0.25) is 4.34 Å². The van der Waals surface area contributed by atoms with Crippen molar-refractivity contribution in [3.8, 4) is 9.88 Å². The molecule has 0 saturated heterocycles. The number of nitrogens with one attached hydrogen (secondary N) is 1. The van der Waals surface area contributed by atoms with Gasteiger partial charge in [-0.25, -0.2) is 4.98 Å². The first kappa shape index (κ1) is 14.5. The summed E-state index contributed by atoms with van der Waals surface area (Å²) in [4.78, 5) is 17.3. The SMILES string of the molecule is CC(C)(CN)NC(=O)c1csc(-c2ccc(Cl)s2)n1. The topological polar surface area (TPSA) is 68.0 Å². The molecule has 0 aliphatic rings. The minimum absolute atomic E-state index is 0.208. The molecule has 102 valence electrons. The minimum Gasteiger partial charge on any atom is -0.345 e. The molecule has 1 amide bonds. The van der Waals surface area contributed by atoms with Gasteiger partial charge in [-0.2, -0.15) is 0 Å². The molecule has 0 aromatic carbocycles. The summed E-state index contributed by atoms with van der Waals surface area (Å²) >= 11 is 8.76. The van der Waals surface area contributed by atoms with Crippen molar-refractivity contribution in [3.05, 3.63) is 27.5 Å². The van der Waals surface area contributed by atoms with E-state index in [0.717, 1.165) is 9.88 Å². The Morgan fingerprint density at radius 1 is 1.53 bits per heavy atom. The van der Waals surface area contributed by atoms with Crippen molar-refractivity contribution < 1.29 is 4.79 Å². The van der Waals surface area contributed by atoms with Gasteiger partial charge in [0.15, 0.2) is 0 Å². The number of carbonyl (C=O) groups excluding carboxylic acids is 1. The lowest BCUT2D eigenvalue weighted by Gasteiger charge is -2.23. The third-order valence-corrected chi connectivity index (χ3v) is 4.73. The third kappa shape index (κ3) is 3.54. The first-order valence-electron chi connectivity index (χ1n) is 5.65. The van der Waals surface area contributed by atoms with E-state index in [0.29, 0.717) is 16.6 Å². The normalized spacial score (nSPS) is 11.6. The highest BCUT2D eigenvalue weighted by atomic mass is 35.5. The highest BCUT2D eigenvalue weighted by molar-refractivity contribution is 7.23. The van der Waals surface area contributed by atoms with Gasteiger partial charge >= 0.3 is 0 Å². The van der Waals surface area contributed by atoms with Gasteiger partial charge in [0, 0.05) is 17.5 Å². The number of amides is 1. The van der Waals surface area contributed by atoms with Gasteiger partial charge in [0.1, 0.15) is 10.7 Å². The van der Waals surface area contributed by atoms with Crippen molar-refractivity contribution in [1.29, 1.82) is 0 Å². The maximum Gasteiger partial charge on any atom is 0.271 e. The number of nitrogens with two attached hydrogens (primary N) is 1. The van der Waals surface area contributed by atoms with Crippen LogP contribution in [-0.4, -0.2) is 23.0 Å². The first-order valence-corrected chi connectivity index (χ1v) is 7.72. The van der Waals surface area contributed by atoms with Crippen LogP contribution in [0.25, 0.3) is 9.88 Å². The summed E-state index contributed by atoms with van der Waals surface area (Å²) in [5.41, 5.74) is 5.56. The van der Waals surface area contributed by atoms with E-state index in [1.165, 1.54) is 22.7 Å². The number of thiophene rings is 1. The third-order valence-electron chi connectivity index (χ3n) is 2.48. The Morgan fingerprint density at radius 3 is 2.84 bits per heavy atom. The molecule has 0 atom stereocenters. The van der Waals surface area contributed by atoms with Crippen LogP contribution >= 0.6 is 34.3 Å². The Labute approximate surface area is 124 Å². The summed E-state index contributed by atoms with van der Waals surface area (Å²) in [7, 11) is 0. The van der Waals surface area contributed by atoms with Gasteiger partial charge in [0.05, 0.1) is 9.21 Å². The molecular formula is C12H14ClN3OS2. The molecule has 0 bridgehead atoms. The number of hydrogen-bond donors (Lipinski definition) is 2. The molecule has 0 unspecified atom stereocenters. The first-order chi connectivity index (χ1) is 8.91. The van der Waals surface area contributed by atoms with E-state index in [1.54, 1.807) is 5.38 Å². The van der Waals surface area contributed by atoms with E-state index in [9.17, 15) is 4.79 Å². The van der Waals surface area contributed by atoms with Crippen molar-refractivity contribution in [3.63, 3.8) is 0 Å². The Morgan fingerprint density at radius 2 is 2.26 bits per heavy atom. The van der Waals surface area contributed by atoms with Crippen LogP contribution in [0.4, 0.5) is 0 Å². The summed E-state index contributed by atoms with van der Waals surface area (Å²) < 4.78 is 0.709. The zero-order chi connectivity index (χ0) is 14.0. The second-order valence-corrected chi connectivity index (χ2v) is 7.26. The van der Waals surface area contributed by atoms with Crippen molar-refractivity contribution in [2.45, 2.75) is 19.4 Å². The second kappa shape index (κ2) is 5.58. The van der Waals surface area contributed by atoms with Crippen molar-refractivity contribution in [1.82, 2.24) is 10.3 Å². The summed E-state index contributed by atoms with van der Waals surface area (Å²) in [5, 5.41) is 5.39. The van der Waals surface area contributed by atoms with Crippen LogP contribution in [0, 0.1) is 0 Å². The maximum atomic E-state index is 12.0. The van der Waals surface area contributed by atoms with Crippen molar-refractivity contribution in [2.24, 2.45) is 5.73 Å². The molecule has 7 heteroatoms. The molecule has 0 aliphatic carbocycles. The molecule has 0 saturated carbocycles. The van der Waals surface area contributed by atoms with Gasteiger partial charge < -0.3 is 11.1 Å². The van der Waals surface area contributed by atoms with Gasteiger partial charge in [0.25, 0.3) is 5.91 Å². The Hall–Kier alpha value is -0.950. The number of nitrogens with zero attached hydrogens (tertiary/aromatic N) is 1. The molecule has 0 spiro atoms. The van der Waals surface area contributed by atoms with Crippen LogP contribution in [0.3, 0.4) is 0 Å². The predicted octanol–water partition coefficient (Wildman–Crippen LogP) is 2.99. The van der Waals surface area contributed by atoms with Gasteiger partial charge in [0.2, 0.25) is 0 Å². The van der Waals surface area contributed by atoms with E-state index < -0.39 is 5.54 Å². The van der Waals surface area contributed by atoms with Gasteiger partial charge in [-0.15, -0.1) is 22.7 Å². The van der Waals surface area contributed by atoms with Crippen molar-refractivity contribution in [2.75, 3.05) is 6.54 Å². The lowest BCUT2D eigenvalue weighted by Crippen LogP contribution is -2.48. The Bertz CT molecular complexity index is 591. The number of halogens is 1. The Balaban J connectivity index is 2.15. The van der Waals surface area contributed by atoms with E-state index in [-0.39, 0.29) is 5.91 Å². The number of carbonyl (C=O) groups is 1. The predicted molar refractivity (Wildman–Crippen MR) is 81.0 cm³/mol. The zero-order valence-electron chi connectivity index (χ0n) is 10.6. The number of rotatable bonds is 4. The standard InChI is InChI=1S/C12H14ClN3OS2/c1-12(2,6-14)16-10(17)7-5-18-11(15-7)8-3-4-9(13)19-8/h3-5H,6,14H2,1-2H3,(H,16,17). The number of aromatic nitrogens is 1. The second-order valence-electron chi connectivity index (χ2n) is 4.68. The summed E-state index contributed by atoms with van der Waals surface area (Å²) in [6.07, 6.45) is 0. The van der Waals surface area contributed by atoms with Crippen molar-refractivity contribution >= 4 is 40.2 Å². The van der Waals surface area contributed by atoms with Crippen LogP contribution < -0.4 is 11.1 Å². The average Bonchev–Trinajstić information content (AvgIpc) is 2.96. The monoisotopic (exact) mass is 315 g/mol. The maximum absolute atomic E-state index is 12.0. The van der Waals surface area contributed by atoms with Gasteiger partial charge in [-0.3, -0.25) is 4.79 Å². The largest absolute Gasteiger partial charge is 0.345 e. The van der Waals surface area contributed by atoms with E-state index >= 15 is 0 Å². The quantitative estimate of drug-likeness (QED) is 0.911. The fourth-order valence-electron chi connectivity index (χ4n) is 1.34. The molecule has 2 aromatic rings. The minimum atomic E-state index is -0.437. The molecular weight excluding hydrogens is 302 g/mol. The number of hydrogen-bond acceptors (Lipinski definition) is 5. The molecule has 0 radical (unpaired) electrons. The van der Waals surface area contributed by atoms with Gasteiger partial charge in [-0.1, -0.05) is 11.6 Å². The lowest BCUT2D eigenvalue weighted by molar-refractivity contribution is 0.0911. The van der Waals surface area contributed by atoms with Gasteiger partial charge in [-0.05, 0) is 26.0 Å². The highest BCUT2D eigenvalue weighted by Gasteiger charge is 2.21. The Kier molecular flexibility index (Phi) is 4.25. The average molecular weight is 316 g/mol. The lowest BCUT2D eigenvalue weighted by atomic mass is 10.1. The van der Waals surface area contributed by atoms with Crippen LogP contribution in [0.1, 0.15) is 24.3 Å². The smallest absolute Gasteiger partial charge is 0.271 e. The fraction of sp³-hybridized carbons (Fsp3) is 0.333. The van der Waals surface area contributed by atoms with E-state index in [2.05, 4.69) is 10.3 Å². The van der Waals surface area contributed by atoms with Crippen LogP contribution in [0.5, 0.6) is 0 Å². The summed E-state index contributed by atoms with van der Waals surface area (Å²) in [6, 6.07) is 3.72. The van der Waals surface area contributed by atoms with E-state index in [1.807, 2.05) is 26.0 Å². The molecule has 19 heavy (non-hydrogen) atoms. The fourth-order valence-corrected chi connectivity index (χ4v) is 3.26. The summed E-state index contributed by atoms with van der Waals surface area (Å²) in [5.74, 6) is -0.208. The number of thiazole rings is 1. The molecule has 0 fully saturated rings. The van der Waals surface area contributed by atoms with E-state index in [4.69, 9.17) is 17.3 Å². The molecule has 4 nitrogen and oxygen atoms in total. The molecule has 3 N–H and O–H groups in total. The molecule has 2 rings (SSSR count). The van der Waals surface area contributed by atoms with Crippen LogP contribution in [0.15, 0.2) is 17.5 Å². The summed E-state index contributed by atoms with van der Waals surface area (Å²) in [6.45, 7) is 4.12. The zero-order valence-corrected chi connectivity index (χ0v) is 13.0.